The summed E-state index contributed by atoms with van der Waals surface area (Å²) >= 11 is 7.13. The Morgan fingerprint density at radius 1 is 1.13 bits per heavy atom. The largest absolute Gasteiger partial charge is 0.279 e. The lowest BCUT2D eigenvalue weighted by Crippen LogP contribution is -2.41. The van der Waals surface area contributed by atoms with Gasteiger partial charge < -0.3 is 0 Å². The molecule has 10 heteroatoms. The molecule has 1 heterocycles. The number of benzene rings is 1. The average molecular weight is 374 g/mol. The van der Waals surface area contributed by atoms with E-state index in [1.807, 2.05) is 0 Å². The number of carbonyl (C=O) groups is 2. The second-order valence-corrected chi connectivity index (χ2v) is 7.48. The molecule has 0 bridgehead atoms. The summed E-state index contributed by atoms with van der Waals surface area (Å²) in [6.07, 6.45) is 0. The summed E-state index contributed by atoms with van der Waals surface area (Å²) in [6.45, 7) is 0. The first-order valence-corrected chi connectivity index (χ1v) is 8.96. The van der Waals surface area contributed by atoms with Gasteiger partial charge in [-0.1, -0.05) is 17.7 Å². The van der Waals surface area contributed by atoms with Gasteiger partial charge in [0.05, 0.1) is 20.4 Å². The summed E-state index contributed by atoms with van der Waals surface area (Å²) in [6, 6.07) is 6.99. The smallest absolute Gasteiger partial charge is 0.267 e. The standard InChI is InChI=1S/C13H12ClN3O4S2/c1-15-23(20,21)8-4-5-10(14)9(7-8)12(18)16-17-13(19)11-3-2-6-22-11/h2-7,15H,1H3,(H,16,18)(H,17,19). The van der Waals surface area contributed by atoms with Crippen molar-refractivity contribution in [3.05, 3.63) is 51.2 Å². The Bertz CT molecular complexity index is 835. The molecule has 0 aliphatic heterocycles. The van der Waals surface area contributed by atoms with Crippen molar-refractivity contribution < 1.29 is 18.0 Å². The highest BCUT2D eigenvalue weighted by molar-refractivity contribution is 7.89. The van der Waals surface area contributed by atoms with Gasteiger partial charge in [0.2, 0.25) is 10.0 Å². The predicted molar refractivity (Wildman–Crippen MR) is 86.9 cm³/mol. The molecule has 0 unspecified atom stereocenters. The second-order valence-electron chi connectivity index (χ2n) is 4.23. The monoisotopic (exact) mass is 373 g/mol. The maximum atomic E-state index is 12.1. The van der Waals surface area contributed by atoms with Gasteiger partial charge in [-0.25, -0.2) is 13.1 Å². The van der Waals surface area contributed by atoms with E-state index in [0.717, 1.165) is 6.07 Å². The van der Waals surface area contributed by atoms with Crippen LogP contribution in [-0.2, 0) is 10.0 Å². The van der Waals surface area contributed by atoms with Crippen LogP contribution in [0.2, 0.25) is 5.02 Å². The van der Waals surface area contributed by atoms with Crippen LogP contribution in [0.15, 0.2) is 40.6 Å². The zero-order chi connectivity index (χ0) is 17.0. The summed E-state index contributed by atoms with van der Waals surface area (Å²) in [4.78, 5) is 24.1. The van der Waals surface area contributed by atoms with Gasteiger partial charge in [-0.3, -0.25) is 20.4 Å². The van der Waals surface area contributed by atoms with Gasteiger partial charge in [-0.15, -0.1) is 11.3 Å². The number of hydrogen-bond donors (Lipinski definition) is 3. The number of hydrazine groups is 1. The van der Waals surface area contributed by atoms with Crippen LogP contribution in [0, 0.1) is 0 Å². The van der Waals surface area contributed by atoms with Crippen molar-refractivity contribution in [3.8, 4) is 0 Å². The zero-order valence-electron chi connectivity index (χ0n) is 11.8. The lowest BCUT2D eigenvalue weighted by molar-refractivity contribution is 0.0849. The molecule has 0 aliphatic rings. The summed E-state index contributed by atoms with van der Waals surface area (Å²) in [5.74, 6) is -1.21. The molecule has 0 saturated heterocycles. The number of rotatable bonds is 4. The number of sulfonamides is 1. The van der Waals surface area contributed by atoms with Crippen LogP contribution in [0.25, 0.3) is 0 Å². The van der Waals surface area contributed by atoms with E-state index in [4.69, 9.17) is 11.6 Å². The number of thiophene rings is 1. The molecule has 1 aromatic heterocycles. The third-order valence-corrected chi connectivity index (χ3v) is 5.41. The molecule has 2 amide bonds. The van der Waals surface area contributed by atoms with Gasteiger partial charge in [-0.2, -0.15) is 0 Å². The Morgan fingerprint density at radius 3 is 2.43 bits per heavy atom. The Labute approximate surface area is 141 Å². The molecule has 23 heavy (non-hydrogen) atoms. The molecule has 3 N–H and O–H groups in total. The van der Waals surface area contributed by atoms with Crippen LogP contribution >= 0.6 is 22.9 Å². The van der Waals surface area contributed by atoms with Crippen molar-refractivity contribution in [2.75, 3.05) is 7.05 Å². The number of amides is 2. The third kappa shape index (κ3) is 4.08. The minimum atomic E-state index is -3.71. The van der Waals surface area contributed by atoms with E-state index in [0.29, 0.717) is 4.88 Å². The molecule has 0 aliphatic carbocycles. The van der Waals surface area contributed by atoms with E-state index < -0.39 is 21.8 Å². The van der Waals surface area contributed by atoms with Crippen LogP contribution in [-0.4, -0.2) is 27.3 Å². The van der Waals surface area contributed by atoms with E-state index >= 15 is 0 Å². The quantitative estimate of drug-likeness (QED) is 0.704. The number of halogens is 1. The van der Waals surface area contributed by atoms with Gasteiger partial charge in [0, 0.05) is 0 Å². The van der Waals surface area contributed by atoms with Crippen molar-refractivity contribution in [2.24, 2.45) is 0 Å². The fourth-order valence-corrected chi connectivity index (χ4v) is 3.19. The minimum absolute atomic E-state index is 0.0583. The Balaban J connectivity index is 2.16. The summed E-state index contributed by atoms with van der Waals surface area (Å²) in [7, 11) is -2.46. The zero-order valence-corrected chi connectivity index (χ0v) is 14.2. The van der Waals surface area contributed by atoms with Crippen LogP contribution in [0.3, 0.4) is 0 Å². The molecule has 0 spiro atoms. The SMILES string of the molecule is CNS(=O)(=O)c1ccc(Cl)c(C(=O)NNC(=O)c2cccs2)c1. The topological polar surface area (TPSA) is 104 Å². The Hall–Kier alpha value is -1.94. The lowest BCUT2D eigenvalue weighted by atomic mass is 10.2. The Morgan fingerprint density at radius 2 is 1.83 bits per heavy atom. The highest BCUT2D eigenvalue weighted by atomic mass is 35.5. The first-order chi connectivity index (χ1) is 10.8. The number of carbonyl (C=O) groups excluding carboxylic acids is 2. The van der Waals surface area contributed by atoms with Gasteiger partial charge in [0.25, 0.3) is 11.8 Å². The van der Waals surface area contributed by atoms with Gasteiger partial charge in [-0.05, 0) is 36.7 Å². The van der Waals surface area contributed by atoms with E-state index in [2.05, 4.69) is 15.6 Å². The molecular weight excluding hydrogens is 362 g/mol. The molecule has 7 nitrogen and oxygen atoms in total. The highest BCUT2D eigenvalue weighted by Gasteiger charge is 2.18. The van der Waals surface area contributed by atoms with Crippen molar-refractivity contribution in [2.45, 2.75) is 4.90 Å². The van der Waals surface area contributed by atoms with Crippen LogP contribution in [0.4, 0.5) is 0 Å². The molecule has 2 aromatic rings. The molecular formula is C13H12ClN3O4S2. The minimum Gasteiger partial charge on any atom is -0.267 e. The van der Waals surface area contributed by atoms with E-state index in [1.165, 1.54) is 30.5 Å². The first kappa shape index (κ1) is 17.4. The molecule has 1 aromatic carbocycles. The van der Waals surface area contributed by atoms with Crippen molar-refractivity contribution in [1.29, 1.82) is 0 Å². The molecule has 0 radical (unpaired) electrons. The van der Waals surface area contributed by atoms with E-state index in [1.54, 1.807) is 17.5 Å². The third-order valence-electron chi connectivity index (χ3n) is 2.80. The molecule has 0 fully saturated rings. The molecule has 122 valence electrons. The second kappa shape index (κ2) is 7.09. The highest BCUT2D eigenvalue weighted by Crippen LogP contribution is 2.20. The van der Waals surface area contributed by atoms with Gasteiger partial charge in [0.1, 0.15) is 0 Å². The van der Waals surface area contributed by atoms with Crippen LogP contribution in [0.1, 0.15) is 20.0 Å². The maximum absolute atomic E-state index is 12.1. The lowest BCUT2D eigenvalue weighted by Gasteiger charge is -2.09. The summed E-state index contributed by atoms with van der Waals surface area (Å²) in [5.41, 5.74) is 4.35. The van der Waals surface area contributed by atoms with Crippen molar-refractivity contribution >= 4 is 44.8 Å². The normalized spacial score (nSPS) is 11.0. The summed E-state index contributed by atoms with van der Waals surface area (Å²) in [5, 5.41) is 1.78. The maximum Gasteiger partial charge on any atom is 0.279 e. The van der Waals surface area contributed by atoms with Crippen LogP contribution < -0.4 is 15.6 Å². The van der Waals surface area contributed by atoms with Gasteiger partial charge >= 0.3 is 0 Å². The first-order valence-electron chi connectivity index (χ1n) is 6.22. The van der Waals surface area contributed by atoms with Crippen molar-refractivity contribution in [1.82, 2.24) is 15.6 Å². The van der Waals surface area contributed by atoms with Gasteiger partial charge in [0.15, 0.2) is 0 Å². The average Bonchev–Trinajstić information content (AvgIpc) is 3.07. The van der Waals surface area contributed by atoms with Crippen molar-refractivity contribution in [3.63, 3.8) is 0 Å². The fraction of sp³-hybridized carbons (Fsp3) is 0.0769. The van der Waals surface area contributed by atoms with Crippen LogP contribution in [0.5, 0.6) is 0 Å². The van der Waals surface area contributed by atoms with E-state index in [-0.39, 0.29) is 15.5 Å². The Kier molecular flexibility index (Phi) is 5.37. The fourth-order valence-electron chi connectivity index (χ4n) is 1.61. The number of nitrogens with one attached hydrogen (secondary N) is 3. The molecule has 0 saturated carbocycles. The molecule has 2 rings (SSSR count). The predicted octanol–water partition coefficient (Wildman–Crippen LogP) is 1.38. The molecule has 0 atom stereocenters. The van der Waals surface area contributed by atoms with E-state index in [9.17, 15) is 18.0 Å². The summed E-state index contributed by atoms with van der Waals surface area (Å²) < 4.78 is 25.6. The number of hydrogen-bond acceptors (Lipinski definition) is 5.